The number of nitrogens with one attached hydrogen (secondary N) is 1. The van der Waals surface area contributed by atoms with E-state index in [0.29, 0.717) is 6.00 Å². The molecule has 0 saturated carbocycles. The Balaban J connectivity index is 2.02. The summed E-state index contributed by atoms with van der Waals surface area (Å²) in [5.41, 5.74) is 0. The first-order valence-electron chi connectivity index (χ1n) is 3.78. The van der Waals surface area contributed by atoms with Crippen LogP contribution in [0.5, 0.6) is 0 Å². The molecule has 1 rings (SSSR count). The van der Waals surface area contributed by atoms with Crippen LogP contribution in [-0.4, -0.2) is 25.8 Å². The van der Waals surface area contributed by atoms with E-state index >= 15 is 0 Å². The first kappa shape index (κ1) is 8.31. The zero-order valence-electron chi connectivity index (χ0n) is 6.11. The molecule has 2 nitrogen and oxygen atoms in total. The minimum absolute atomic E-state index is 0.567. The Morgan fingerprint density at radius 3 is 2.70 bits per heavy atom. The first-order valence-corrected chi connectivity index (χ1v) is 4.31. The summed E-state index contributed by atoms with van der Waals surface area (Å²) in [6.45, 7) is 2.90. The highest BCUT2D eigenvalue weighted by Gasteiger charge is 2.12. The van der Waals surface area contributed by atoms with Gasteiger partial charge in [-0.15, -0.1) is 11.6 Å². The van der Waals surface area contributed by atoms with Crippen LogP contribution in [-0.2, 0) is 4.74 Å². The van der Waals surface area contributed by atoms with Crippen molar-refractivity contribution in [2.45, 2.75) is 12.8 Å². The standard InChI is InChI=1S/C7H14ClNO/c8-6-9-5-7-1-3-10-4-2-7/h7,9H,1-6H2. The van der Waals surface area contributed by atoms with E-state index in [4.69, 9.17) is 16.3 Å². The van der Waals surface area contributed by atoms with E-state index in [-0.39, 0.29) is 0 Å². The van der Waals surface area contributed by atoms with Crippen molar-refractivity contribution >= 4 is 11.6 Å². The van der Waals surface area contributed by atoms with Crippen molar-refractivity contribution in [1.82, 2.24) is 5.32 Å². The predicted octanol–water partition coefficient (Wildman–Crippen LogP) is 1.20. The summed E-state index contributed by atoms with van der Waals surface area (Å²) in [5, 5.41) is 3.13. The summed E-state index contributed by atoms with van der Waals surface area (Å²) in [6, 6.07) is 0.567. The second kappa shape index (κ2) is 4.94. The second-order valence-electron chi connectivity index (χ2n) is 2.64. The highest BCUT2D eigenvalue weighted by atomic mass is 35.5. The molecule has 0 aromatic heterocycles. The van der Waals surface area contributed by atoms with Crippen LogP contribution in [0.2, 0.25) is 0 Å². The van der Waals surface area contributed by atoms with Gasteiger partial charge in [0.05, 0.1) is 6.00 Å². The van der Waals surface area contributed by atoms with E-state index in [1.807, 2.05) is 0 Å². The number of rotatable bonds is 3. The number of ether oxygens (including phenoxy) is 1. The Labute approximate surface area is 66.9 Å². The molecule has 60 valence electrons. The SMILES string of the molecule is ClCNCC1CCOCC1. The largest absolute Gasteiger partial charge is 0.381 e. The van der Waals surface area contributed by atoms with Gasteiger partial charge in [-0.25, -0.2) is 0 Å². The van der Waals surface area contributed by atoms with Gasteiger partial charge < -0.3 is 10.1 Å². The Morgan fingerprint density at radius 2 is 2.10 bits per heavy atom. The molecule has 1 fully saturated rings. The molecular formula is C7H14ClNO. The summed E-state index contributed by atoms with van der Waals surface area (Å²) in [4.78, 5) is 0. The summed E-state index contributed by atoms with van der Waals surface area (Å²) >= 11 is 5.48. The minimum atomic E-state index is 0.567. The Morgan fingerprint density at radius 1 is 1.40 bits per heavy atom. The zero-order chi connectivity index (χ0) is 7.23. The minimum Gasteiger partial charge on any atom is -0.381 e. The molecule has 0 bridgehead atoms. The number of hydrogen-bond acceptors (Lipinski definition) is 2. The molecule has 1 aliphatic rings. The van der Waals surface area contributed by atoms with E-state index in [0.717, 1.165) is 25.7 Å². The molecule has 1 heterocycles. The number of alkyl halides is 1. The van der Waals surface area contributed by atoms with E-state index in [1.165, 1.54) is 12.8 Å². The Kier molecular flexibility index (Phi) is 4.10. The molecule has 0 aromatic carbocycles. The van der Waals surface area contributed by atoms with Gasteiger partial charge in [-0.1, -0.05) is 0 Å². The number of halogens is 1. The van der Waals surface area contributed by atoms with Gasteiger partial charge in [-0.3, -0.25) is 0 Å². The lowest BCUT2D eigenvalue weighted by Gasteiger charge is -2.21. The van der Waals surface area contributed by atoms with Crippen molar-refractivity contribution in [2.24, 2.45) is 5.92 Å². The lowest BCUT2D eigenvalue weighted by Crippen LogP contribution is -2.26. The quantitative estimate of drug-likeness (QED) is 0.499. The fraction of sp³-hybridized carbons (Fsp3) is 1.00. The van der Waals surface area contributed by atoms with Gasteiger partial charge in [-0.05, 0) is 25.3 Å². The maximum absolute atomic E-state index is 5.48. The normalized spacial score (nSPS) is 21.3. The summed E-state index contributed by atoms with van der Waals surface area (Å²) in [7, 11) is 0. The van der Waals surface area contributed by atoms with E-state index < -0.39 is 0 Å². The van der Waals surface area contributed by atoms with Crippen molar-refractivity contribution in [3.63, 3.8) is 0 Å². The first-order chi connectivity index (χ1) is 4.93. The summed E-state index contributed by atoms with van der Waals surface area (Å²) in [5.74, 6) is 0.785. The average molecular weight is 164 g/mol. The molecule has 0 unspecified atom stereocenters. The lowest BCUT2D eigenvalue weighted by molar-refractivity contribution is 0.0667. The molecule has 0 amide bonds. The molecule has 0 aliphatic carbocycles. The third kappa shape index (κ3) is 2.86. The highest BCUT2D eigenvalue weighted by Crippen LogP contribution is 2.12. The summed E-state index contributed by atoms with van der Waals surface area (Å²) in [6.07, 6.45) is 2.37. The van der Waals surface area contributed by atoms with Crippen LogP contribution in [0, 0.1) is 5.92 Å². The fourth-order valence-electron chi connectivity index (χ4n) is 1.21. The molecule has 3 heteroatoms. The van der Waals surface area contributed by atoms with Gasteiger partial charge in [0.1, 0.15) is 0 Å². The Hall–Kier alpha value is 0.210. The van der Waals surface area contributed by atoms with Crippen LogP contribution >= 0.6 is 11.6 Å². The molecule has 0 aromatic rings. The molecule has 0 atom stereocenters. The molecule has 0 spiro atoms. The predicted molar refractivity (Wildman–Crippen MR) is 42.3 cm³/mol. The second-order valence-corrected chi connectivity index (χ2v) is 2.91. The molecule has 1 saturated heterocycles. The van der Waals surface area contributed by atoms with Crippen molar-refractivity contribution in [2.75, 3.05) is 25.8 Å². The van der Waals surface area contributed by atoms with Gasteiger partial charge in [-0.2, -0.15) is 0 Å². The van der Waals surface area contributed by atoms with Crippen LogP contribution in [0.4, 0.5) is 0 Å². The smallest absolute Gasteiger partial charge is 0.0713 e. The van der Waals surface area contributed by atoms with Gasteiger partial charge in [0.2, 0.25) is 0 Å². The van der Waals surface area contributed by atoms with Gasteiger partial charge >= 0.3 is 0 Å². The lowest BCUT2D eigenvalue weighted by atomic mass is 10.0. The topological polar surface area (TPSA) is 21.3 Å². The number of hydrogen-bond donors (Lipinski definition) is 1. The molecule has 0 radical (unpaired) electrons. The molecule has 10 heavy (non-hydrogen) atoms. The van der Waals surface area contributed by atoms with E-state index in [9.17, 15) is 0 Å². The highest BCUT2D eigenvalue weighted by molar-refractivity contribution is 6.17. The van der Waals surface area contributed by atoms with Crippen LogP contribution in [0.15, 0.2) is 0 Å². The van der Waals surface area contributed by atoms with Crippen molar-refractivity contribution in [3.05, 3.63) is 0 Å². The van der Waals surface area contributed by atoms with Crippen LogP contribution in [0.1, 0.15) is 12.8 Å². The third-order valence-corrected chi connectivity index (χ3v) is 2.06. The maximum Gasteiger partial charge on any atom is 0.0713 e. The average Bonchev–Trinajstić information content (AvgIpc) is 2.03. The zero-order valence-corrected chi connectivity index (χ0v) is 6.86. The van der Waals surface area contributed by atoms with Crippen LogP contribution < -0.4 is 5.32 Å². The fourth-order valence-corrected chi connectivity index (χ4v) is 1.32. The van der Waals surface area contributed by atoms with Crippen molar-refractivity contribution in [3.8, 4) is 0 Å². The van der Waals surface area contributed by atoms with E-state index in [1.54, 1.807) is 0 Å². The molecular weight excluding hydrogens is 150 g/mol. The van der Waals surface area contributed by atoms with Crippen LogP contribution in [0.3, 0.4) is 0 Å². The van der Waals surface area contributed by atoms with Crippen molar-refractivity contribution in [1.29, 1.82) is 0 Å². The maximum atomic E-state index is 5.48. The van der Waals surface area contributed by atoms with Gasteiger partial charge in [0, 0.05) is 13.2 Å². The van der Waals surface area contributed by atoms with Crippen molar-refractivity contribution < 1.29 is 4.74 Å². The third-order valence-electron chi connectivity index (χ3n) is 1.87. The summed E-state index contributed by atoms with van der Waals surface area (Å²) < 4.78 is 5.22. The van der Waals surface area contributed by atoms with Gasteiger partial charge in [0.25, 0.3) is 0 Å². The van der Waals surface area contributed by atoms with Crippen LogP contribution in [0.25, 0.3) is 0 Å². The Bertz CT molecular complexity index is 83.7. The monoisotopic (exact) mass is 163 g/mol. The van der Waals surface area contributed by atoms with Gasteiger partial charge in [0.15, 0.2) is 0 Å². The molecule has 1 aliphatic heterocycles. The van der Waals surface area contributed by atoms with E-state index in [2.05, 4.69) is 5.32 Å². The molecule has 1 N–H and O–H groups in total.